The standard InChI is InChI=1S/C17H17BrN2O2S2/c18-15-6-5-12(24-15)11-19-16(21)7-8-17(22)20-9-10-23-14-4-2-1-3-13(14)20/h1-6H,7-11H2,(H,19,21). The number of thiophene rings is 1. The van der Waals surface area contributed by atoms with Crippen molar-refractivity contribution < 1.29 is 9.59 Å². The van der Waals surface area contributed by atoms with Crippen molar-refractivity contribution in [2.45, 2.75) is 24.3 Å². The van der Waals surface area contributed by atoms with Crippen molar-refractivity contribution in [3.63, 3.8) is 0 Å². The van der Waals surface area contributed by atoms with Crippen LogP contribution in [0.2, 0.25) is 0 Å². The highest BCUT2D eigenvalue weighted by Crippen LogP contribution is 2.34. The molecular formula is C17H17BrN2O2S2. The highest BCUT2D eigenvalue weighted by Gasteiger charge is 2.22. The van der Waals surface area contributed by atoms with Gasteiger partial charge in [0.25, 0.3) is 0 Å². The fraction of sp³-hybridized carbons (Fsp3) is 0.294. The third kappa shape index (κ3) is 4.40. The number of hydrogen-bond donors (Lipinski definition) is 1. The van der Waals surface area contributed by atoms with E-state index in [1.807, 2.05) is 36.4 Å². The molecule has 2 aromatic rings. The first-order valence-electron chi connectivity index (χ1n) is 7.66. The molecule has 126 valence electrons. The van der Waals surface area contributed by atoms with Gasteiger partial charge in [0.1, 0.15) is 0 Å². The molecule has 2 heterocycles. The summed E-state index contributed by atoms with van der Waals surface area (Å²) in [7, 11) is 0. The zero-order valence-electron chi connectivity index (χ0n) is 13.0. The molecule has 1 aliphatic rings. The molecule has 0 fully saturated rings. The first-order valence-corrected chi connectivity index (χ1v) is 10.3. The van der Waals surface area contributed by atoms with Crippen LogP contribution in [0.1, 0.15) is 17.7 Å². The number of carbonyl (C=O) groups is 2. The van der Waals surface area contributed by atoms with Crippen LogP contribution in [0.25, 0.3) is 0 Å². The molecule has 0 unspecified atom stereocenters. The van der Waals surface area contributed by atoms with E-state index < -0.39 is 0 Å². The van der Waals surface area contributed by atoms with Crippen LogP contribution >= 0.6 is 39.0 Å². The van der Waals surface area contributed by atoms with Gasteiger partial charge in [-0.05, 0) is 40.2 Å². The molecule has 7 heteroatoms. The molecule has 1 aromatic heterocycles. The number of nitrogens with zero attached hydrogens (tertiary/aromatic N) is 1. The molecule has 0 saturated carbocycles. The van der Waals surface area contributed by atoms with Crippen LogP contribution in [0.5, 0.6) is 0 Å². The smallest absolute Gasteiger partial charge is 0.227 e. The number of carbonyl (C=O) groups excluding carboxylic acids is 2. The molecule has 4 nitrogen and oxygen atoms in total. The number of benzene rings is 1. The monoisotopic (exact) mass is 424 g/mol. The fourth-order valence-electron chi connectivity index (χ4n) is 2.50. The molecule has 0 bridgehead atoms. The third-order valence-electron chi connectivity index (χ3n) is 3.68. The lowest BCUT2D eigenvalue weighted by molar-refractivity contribution is -0.125. The zero-order valence-corrected chi connectivity index (χ0v) is 16.2. The summed E-state index contributed by atoms with van der Waals surface area (Å²) in [5.41, 5.74) is 0.961. The molecule has 0 atom stereocenters. The lowest BCUT2D eigenvalue weighted by Gasteiger charge is -2.29. The van der Waals surface area contributed by atoms with E-state index in [2.05, 4.69) is 21.2 Å². The second-order valence-electron chi connectivity index (χ2n) is 5.34. The van der Waals surface area contributed by atoms with Gasteiger partial charge in [0.2, 0.25) is 11.8 Å². The van der Waals surface area contributed by atoms with E-state index in [0.29, 0.717) is 13.1 Å². The van der Waals surface area contributed by atoms with E-state index in [9.17, 15) is 9.59 Å². The molecule has 0 aliphatic carbocycles. The largest absolute Gasteiger partial charge is 0.351 e. The summed E-state index contributed by atoms with van der Waals surface area (Å²) < 4.78 is 1.04. The number of rotatable bonds is 5. The Bertz CT molecular complexity index is 748. The molecule has 2 amide bonds. The molecule has 3 rings (SSSR count). The Morgan fingerprint density at radius 2 is 2.00 bits per heavy atom. The minimum Gasteiger partial charge on any atom is -0.351 e. The highest BCUT2D eigenvalue weighted by atomic mass is 79.9. The average Bonchev–Trinajstić information content (AvgIpc) is 3.02. The summed E-state index contributed by atoms with van der Waals surface area (Å²) in [4.78, 5) is 28.5. The van der Waals surface area contributed by atoms with Crippen LogP contribution in [-0.4, -0.2) is 24.1 Å². The normalized spacial score (nSPS) is 13.5. The van der Waals surface area contributed by atoms with Crippen molar-refractivity contribution in [1.82, 2.24) is 5.32 Å². The predicted molar refractivity (Wildman–Crippen MR) is 103 cm³/mol. The van der Waals surface area contributed by atoms with Gasteiger partial charge in [0.05, 0.1) is 16.0 Å². The first kappa shape index (κ1) is 17.5. The molecular weight excluding hydrogens is 408 g/mol. The number of thioether (sulfide) groups is 1. The summed E-state index contributed by atoms with van der Waals surface area (Å²) >= 11 is 6.76. The lowest BCUT2D eigenvalue weighted by Crippen LogP contribution is -2.36. The van der Waals surface area contributed by atoms with Crippen LogP contribution in [0.15, 0.2) is 45.1 Å². The van der Waals surface area contributed by atoms with Crippen molar-refractivity contribution in [3.8, 4) is 0 Å². The Morgan fingerprint density at radius 3 is 2.79 bits per heavy atom. The quantitative estimate of drug-likeness (QED) is 0.787. The number of halogens is 1. The topological polar surface area (TPSA) is 49.4 Å². The van der Waals surface area contributed by atoms with E-state index in [1.165, 1.54) is 0 Å². The van der Waals surface area contributed by atoms with Crippen molar-refractivity contribution >= 4 is 56.5 Å². The number of para-hydroxylation sites is 1. The maximum absolute atomic E-state index is 12.5. The average molecular weight is 425 g/mol. The molecule has 0 radical (unpaired) electrons. The zero-order chi connectivity index (χ0) is 16.9. The number of hydrogen-bond acceptors (Lipinski definition) is 4. The van der Waals surface area contributed by atoms with Gasteiger partial charge in [-0.1, -0.05) is 12.1 Å². The second-order valence-corrected chi connectivity index (χ2v) is 9.03. The molecule has 1 aromatic carbocycles. The number of nitrogens with one attached hydrogen (secondary N) is 1. The van der Waals surface area contributed by atoms with E-state index in [-0.39, 0.29) is 24.7 Å². The van der Waals surface area contributed by atoms with Gasteiger partial charge in [-0.3, -0.25) is 9.59 Å². The van der Waals surface area contributed by atoms with Crippen LogP contribution in [0.4, 0.5) is 5.69 Å². The summed E-state index contributed by atoms with van der Waals surface area (Å²) in [6.07, 6.45) is 0.455. The number of fused-ring (bicyclic) bond motifs is 1. The maximum Gasteiger partial charge on any atom is 0.227 e. The van der Waals surface area contributed by atoms with Gasteiger partial charge >= 0.3 is 0 Å². The Kier molecular flexibility index (Phi) is 5.97. The van der Waals surface area contributed by atoms with Crippen molar-refractivity contribution in [1.29, 1.82) is 0 Å². The van der Waals surface area contributed by atoms with E-state index in [4.69, 9.17) is 0 Å². The maximum atomic E-state index is 12.5. The van der Waals surface area contributed by atoms with Crippen molar-refractivity contribution in [3.05, 3.63) is 45.1 Å². The van der Waals surface area contributed by atoms with Gasteiger partial charge in [-0.15, -0.1) is 23.1 Å². The van der Waals surface area contributed by atoms with Gasteiger partial charge in [0.15, 0.2) is 0 Å². The van der Waals surface area contributed by atoms with Gasteiger partial charge in [-0.2, -0.15) is 0 Å². The minimum absolute atomic E-state index is 0.0109. The van der Waals surface area contributed by atoms with E-state index in [0.717, 1.165) is 25.0 Å². The van der Waals surface area contributed by atoms with Crippen LogP contribution in [0, 0.1) is 0 Å². The molecule has 24 heavy (non-hydrogen) atoms. The summed E-state index contributed by atoms with van der Waals surface area (Å²) in [6.45, 7) is 1.21. The van der Waals surface area contributed by atoms with Crippen LogP contribution in [0.3, 0.4) is 0 Å². The predicted octanol–water partition coefficient (Wildman–Crippen LogP) is 4.05. The molecule has 0 spiro atoms. The summed E-state index contributed by atoms with van der Waals surface area (Å²) in [6, 6.07) is 11.9. The number of amides is 2. The van der Waals surface area contributed by atoms with Crippen LogP contribution < -0.4 is 10.2 Å². The van der Waals surface area contributed by atoms with Crippen LogP contribution in [-0.2, 0) is 16.1 Å². The van der Waals surface area contributed by atoms with E-state index in [1.54, 1.807) is 28.0 Å². The molecule has 0 saturated heterocycles. The Morgan fingerprint density at radius 1 is 1.17 bits per heavy atom. The first-order chi connectivity index (χ1) is 11.6. The van der Waals surface area contributed by atoms with Crippen molar-refractivity contribution in [2.24, 2.45) is 0 Å². The highest BCUT2D eigenvalue weighted by molar-refractivity contribution is 9.11. The molecule has 1 N–H and O–H groups in total. The second kappa shape index (κ2) is 8.18. The Labute approximate surface area is 157 Å². The van der Waals surface area contributed by atoms with E-state index >= 15 is 0 Å². The third-order valence-corrected chi connectivity index (χ3v) is 6.35. The SMILES string of the molecule is O=C(CCC(=O)N1CCSc2ccccc21)NCc1ccc(Br)s1. The van der Waals surface area contributed by atoms with Crippen molar-refractivity contribution in [2.75, 3.05) is 17.2 Å². The van der Waals surface area contributed by atoms with Gasteiger partial charge in [0, 0.05) is 34.9 Å². The minimum atomic E-state index is -0.0902. The van der Waals surface area contributed by atoms with Gasteiger partial charge in [-0.25, -0.2) is 0 Å². The summed E-state index contributed by atoms with van der Waals surface area (Å²) in [5.74, 6) is 0.812. The Balaban J connectivity index is 1.50. The lowest BCUT2D eigenvalue weighted by atomic mass is 10.2. The number of anilines is 1. The van der Waals surface area contributed by atoms with Gasteiger partial charge < -0.3 is 10.2 Å². The summed E-state index contributed by atoms with van der Waals surface area (Å²) in [5, 5.41) is 2.87. The molecule has 1 aliphatic heterocycles. The Hall–Kier alpha value is -1.31. The fourth-order valence-corrected chi connectivity index (χ4v) is 4.92.